The zero-order valence-electron chi connectivity index (χ0n) is 18.5. The standard InChI is InChI=1S/C24H29BrCl2N2O2S/c1-4-16(3)28-24(31)22(5-2)29(13-18-8-11-20(26)12-21(18)27)23(30)15-32-14-17-6-9-19(25)10-7-17/h6-12,16,22H,4-5,13-15H2,1-3H3,(H,28,31)/t16-,22+/m0/s1. The molecule has 0 aromatic heterocycles. The van der Waals surface area contributed by atoms with Crippen molar-refractivity contribution in [1.29, 1.82) is 0 Å². The van der Waals surface area contributed by atoms with Crippen LogP contribution in [0.15, 0.2) is 46.9 Å². The number of hydrogen-bond donors (Lipinski definition) is 1. The van der Waals surface area contributed by atoms with Crippen LogP contribution in [-0.2, 0) is 21.9 Å². The number of amides is 2. The molecule has 4 nitrogen and oxygen atoms in total. The highest BCUT2D eigenvalue weighted by Crippen LogP contribution is 2.25. The van der Waals surface area contributed by atoms with Crippen molar-refractivity contribution in [2.24, 2.45) is 0 Å². The molecule has 0 fully saturated rings. The first-order chi connectivity index (χ1) is 15.2. The van der Waals surface area contributed by atoms with Gasteiger partial charge in [0.05, 0.1) is 5.75 Å². The van der Waals surface area contributed by atoms with Crippen molar-refractivity contribution in [3.63, 3.8) is 0 Å². The van der Waals surface area contributed by atoms with E-state index in [4.69, 9.17) is 23.2 Å². The summed E-state index contributed by atoms with van der Waals surface area (Å²) in [7, 11) is 0. The van der Waals surface area contributed by atoms with Crippen molar-refractivity contribution in [2.45, 2.75) is 58.0 Å². The lowest BCUT2D eigenvalue weighted by Crippen LogP contribution is -2.51. The van der Waals surface area contributed by atoms with E-state index in [-0.39, 0.29) is 30.2 Å². The average Bonchev–Trinajstić information content (AvgIpc) is 2.76. The second kappa shape index (κ2) is 13.5. The summed E-state index contributed by atoms with van der Waals surface area (Å²) in [5, 5.41) is 4.03. The Bertz CT molecular complexity index is 911. The molecule has 0 saturated carbocycles. The third-order valence-corrected chi connectivity index (χ3v) is 7.25. The number of nitrogens with one attached hydrogen (secondary N) is 1. The quantitative estimate of drug-likeness (QED) is 0.333. The maximum atomic E-state index is 13.3. The predicted molar refractivity (Wildman–Crippen MR) is 139 cm³/mol. The third kappa shape index (κ3) is 8.29. The summed E-state index contributed by atoms with van der Waals surface area (Å²) < 4.78 is 1.02. The highest BCUT2D eigenvalue weighted by Gasteiger charge is 2.29. The molecule has 0 spiro atoms. The monoisotopic (exact) mass is 558 g/mol. The van der Waals surface area contributed by atoms with Crippen molar-refractivity contribution < 1.29 is 9.59 Å². The average molecular weight is 560 g/mol. The zero-order chi connectivity index (χ0) is 23.7. The molecule has 0 saturated heterocycles. The Morgan fingerprint density at radius 2 is 1.78 bits per heavy atom. The number of halogens is 3. The number of carbonyl (C=O) groups excluding carboxylic acids is 2. The van der Waals surface area contributed by atoms with Gasteiger partial charge in [-0.25, -0.2) is 0 Å². The van der Waals surface area contributed by atoms with Gasteiger partial charge in [0.15, 0.2) is 0 Å². The SMILES string of the molecule is CC[C@H](C(=O)N[C@@H](C)CC)N(Cc1ccc(Cl)cc1Cl)C(=O)CSCc1ccc(Br)cc1. The summed E-state index contributed by atoms with van der Waals surface area (Å²) >= 11 is 17.4. The number of thioether (sulfide) groups is 1. The molecule has 2 aromatic rings. The first kappa shape index (κ1) is 27.0. The van der Waals surface area contributed by atoms with E-state index in [0.29, 0.717) is 22.2 Å². The maximum Gasteiger partial charge on any atom is 0.243 e. The van der Waals surface area contributed by atoms with Crippen LogP contribution in [0.2, 0.25) is 10.0 Å². The van der Waals surface area contributed by atoms with Gasteiger partial charge in [-0.3, -0.25) is 9.59 Å². The molecule has 32 heavy (non-hydrogen) atoms. The minimum atomic E-state index is -0.573. The van der Waals surface area contributed by atoms with Crippen molar-refractivity contribution in [3.8, 4) is 0 Å². The van der Waals surface area contributed by atoms with Gasteiger partial charge in [0, 0.05) is 32.9 Å². The van der Waals surface area contributed by atoms with Gasteiger partial charge in [-0.05, 0) is 55.2 Å². The Hall–Kier alpha value is -1.21. The van der Waals surface area contributed by atoms with Crippen LogP contribution in [-0.4, -0.2) is 34.6 Å². The van der Waals surface area contributed by atoms with Gasteiger partial charge in [0.2, 0.25) is 11.8 Å². The van der Waals surface area contributed by atoms with Crippen molar-refractivity contribution in [1.82, 2.24) is 10.2 Å². The molecule has 2 rings (SSSR count). The van der Waals surface area contributed by atoms with Crippen LogP contribution < -0.4 is 5.32 Å². The Balaban J connectivity index is 2.17. The summed E-state index contributed by atoms with van der Waals surface area (Å²) in [5.74, 6) is 0.751. The summed E-state index contributed by atoms with van der Waals surface area (Å²) in [5.41, 5.74) is 1.90. The van der Waals surface area contributed by atoms with E-state index in [0.717, 1.165) is 22.0 Å². The molecule has 0 bridgehead atoms. The molecular weight excluding hydrogens is 531 g/mol. The predicted octanol–water partition coefficient (Wildman–Crippen LogP) is 6.71. The topological polar surface area (TPSA) is 49.4 Å². The Morgan fingerprint density at radius 1 is 1.09 bits per heavy atom. The number of nitrogens with zero attached hydrogens (tertiary/aromatic N) is 1. The molecule has 0 aliphatic carbocycles. The highest BCUT2D eigenvalue weighted by molar-refractivity contribution is 9.10. The normalized spacial score (nSPS) is 12.8. The molecule has 174 valence electrons. The summed E-state index contributed by atoms with van der Waals surface area (Å²) in [6, 6.07) is 12.7. The molecule has 0 unspecified atom stereocenters. The first-order valence-electron chi connectivity index (χ1n) is 10.6. The Kier molecular flexibility index (Phi) is 11.4. The Labute approximate surface area is 213 Å². The van der Waals surface area contributed by atoms with Crippen molar-refractivity contribution in [3.05, 3.63) is 68.1 Å². The molecule has 0 heterocycles. The van der Waals surface area contributed by atoms with Gasteiger partial charge in [0.25, 0.3) is 0 Å². The molecule has 1 N–H and O–H groups in total. The van der Waals surface area contributed by atoms with Crippen LogP contribution >= 0.6 is 50.9 Å². The van der Waals surface area contributed by atoms with E-state index < -0.39 is 6.04 Å². The minimum absolute atomic E-state index is 0.0411. The van der Waals surface area contributed by atoms with Gasteiger partial charge < -0.3 is 10.2 Å². The largest absolute Gasteiger partial charge is 0.352 e. The molecule has 0 aliphatic heterocycles. The van der Waals surface area contributed by atoms with Gasteiger partial charge in [-0.15, -0.1) is 11.8 Å². The summed E-state index contributed by atoms with van der Waals surface area (Å²) in [6.45, 7) is 6.14. The second-order valence-corrected chi connectivity index (χ2v) is 10.4. The minimum Gasteiger partial charge on any atom is -0.352 e. The van der Waals surface area contributed by atoms with Crippen LogP contribution in [0, 0.1) is 0 Å². The van der Waals surface area contributed by atoms with Crippen molar-refractivity contribution in [2.75, 3.05) is 5.75 Å². The fourth-order valence-electron chi connectivity index (χ4n) is 3.11. The lowest BCUT2D eigenvalue weighted by molar-refractivity contribution is -0.139. The van der Waals surface area contributed by atoms with E-state index in [1.54, 1.807) is 23.1 Å². The van der Waals surface area contributed by atoms with E-state index in [2.05, 4.69) is 21.2 Å². The fraction of sp³-hybridized carbons (Fsp3) is 0.417. The first-order valence-corrected chi connectivity index (χ1v) is 13.3. The van der Waals surface area contributed by atoms with Crippen LogP contribution in [0.5, 0.6) is 0 Å². The smallest absolute Gasteiger partial charge is 0.243 e. The number of carbonyl (C=O) groups is 2. The van der Waals surface area contributed by atoms with E-state index >= 15 is 0 Å². The second-order valence-electron chi connectivity index (χ2n) is 7.62. The fourth-order valence-corrected chi connectivity index (χ4v) is 4.72. The van der Waals surface area contributed by atoms with Crippen LogP contribution in [0.25, 0.3) is 0 Å². The van der Waals surface area contributed by atoms with Crippen LogP contribution in [0.1, 0.15) is 44.7 Å². The summed E-state index contributed by atoms with van der Waals surface area (Å²) in [4.78, 5) is 27.9. The molecule has 0 radical (unpaired) electrons. The number of rotatable bonds is 11. The zero-order valence-corrected chi connectivity index (χ0v) is 22.5. The lowest BCUT2D eigenvalue weighted by atomic mass is 10.1. The maximum absolute atomic E-state index is 13.3. The molecule has 2 amide bonds. The van der Waals surface area contributed by atoms with Crippen LogP contribution in [0.4, 0.5) is 0 Å². The molecular formula is C24H29BrCl2N2O2S. The van der Waals surface area contributed by atoms with Gasteiger partial charge >= 0.3 is 0 Å². The molecule has 2 aromatic carbocycles. The number of hydrogen-bond acceptors (Lipinski definition) is 3. The summed E-state index contributed by atoms with van der Waals surface area (Å²) in [6.07, 6.45) is 1.33. The Morgan fingerprint density at radius 3 is 2.38 bits per heavy atom. The lowest BCUT2D eigenvalue weighted by Gasteiger charge is -2.31. The van der Waals surface area contributed by atoms with Crippen LogP contribution in [0.3, 0.4) is 0 Å². The van der Waals surface area contributed by atoms with E-state index in [1.165, 1.54) is 11.8 Å². The van der Waals surface area contributed by atoms with Crippen molar-refractivity contribution >= 4 is 62.7 Å². The van der Waals surface area contributed by atoms with Gasteiger partial charge in [0.1, 0.15) is 6.04 Å². The molecule has 8 heteroatoms. The molecule has 0 aliphatic rings. The van der Waals surface area contributed by atoms with E-state index in [9.17, 15) is 9.59 Å². The van der Waals surface area contributed by atoms with Gasteiger partial charge in [-0.1, -0.05) is 71.2 Å². The third-order valence-electron chi connectivity index (χ3n) is 5.15. The van der Waals surface area contributed by atoms with E-state index in [1.807, 2.05) is 45.0 Å². The number of benzene rings is 2. The molecule has 2 atom stereocenters. The van der Waals surface area contributed by atoms with Gasteiger partial charge in [-0.2, -0.15) is 0 Å². The highest BCUT2D eigenvalue weighted by atomic mass is 79.9.